The van der Waals surface area contributed by atoms with Crippen LogP contribution >= 0.6 is 11.6 Å². The number of aliphatic hydroxyl groups is 1. The normalized spacial score (nSPS) is 23.4. The standard InChI is InChI=1S/C29H30ClN7O2/c30-20-7-5-19(6-8-20)29(39)11-14-36(15-12-29)24-2-1-13-37-26(24)34-28(35-37)32-21-9-3-18(4-10-21)27(38)33-25-22-16-31-17-23(22)25/h1-10,13,22-23,25,31,39H,11-12,14-17H2,(H,32,35)(H,33,38)/t22-,23+,25?. The van der Waals surface area contributed by atoms with Crippen molar-refractivity contribution >= 4 is 40.5 Å². The third kappa shape index (κ3) is 4.60. The Kier molecular flexibility index (Phi) is 5.95. The minimum atomic E-state index is -0.871. The summed E-state index contributed by atoms with van der Waals surface area (Å²) in [5, 5.41) is 26.3. The SMILES string of the molecule is O=C(NC1[C@H]2CNC[C@@H]12)c1ccc(Nc2nc3c(N4CCC(O)(c5ccc(Cl)cc5)CC4)cccn3n2)cc1. The van der Waals surface area contributed by atoms with Gasteiger partial charge in [-0.3, -0.25) is 4.79 Å². The lowest BCUT2D eigenvalue weighted by Crippen LogP contribution is -2.42. The van der Waals surface area contributed by atoms with Gasteiger partial charge in [-0.2, -0.15) is 4.98 Å². The summed E-state index contributed by atoms with van der Waals surface area (Å²) in [6, 6.07) is 19.2. The minimum Gasteiger partial charge on any atom is -0.385 e. The number of benzene rings is 2. The molecule has 1 aliphatic carbocycles. The predicted molar refractivity (Wildman–Crippen MR) is 151 cm³/mol. The number of hydrogen-bond donors (Lipinski definition) is 4. The maximum atomic E-state index is 12.6. The molecule has 4 heterocycles. The Balaban J connectivity index is 1.02. The van der Waals surface area contributed by atoms with Gasteiger partial charge in [0.1, 0.15) is 0 Å². The average molecular weight is 544 g/mol. The van der Waals surface area contributed by atoms with Crippen molar-refractivity contribution in [1.82, 2.24) is 25.2 Å². The molecule has 2 aromatic heterocycles. The second kappa shape index (κ2) is 9.51. The van der Waals surface area contributed by atoms with Crippen LogP contribution in [0.4, 0.5) is 17.3 Å². The van der Waals surface area contributed by atoms with Crippen molar-refractivity contribution in [3.05, 3.63) is 83.0 Å². The first-order valence-electron chi connectivity index (χ1n) is 13.4. The van der Waals surface area contributed by atoms with Crippen LogP contribution in [0.1, 0.15) is 28.8 Å². The number of nitrogens with one attached hydrogen (secondary N) is 3. The quantitative estimate of drug-likeness (QED) is 0.294. The lowest BCUT2D eigenvalue weighted by atomic mass is 9.84. The molecule has 1 saturated carbocycles. The Hall–Kier alpha value is -3.66. The van der Waals surface area contributed by atoms with Crippen LogP contribution in [0.15, 0.2) is 66.9 Å². The van der Waals surface area contributed by atoms with Gasteiger partial charge in [0.25, 0.3) is 5.91 Å². The maximum absolute atomic E-state index is 12.6. The van der Waals surface area contributed by atoms with Crippen LogP contribution in [0.3, 0.4) is 0 Å². The molecule has 3 aliphatic rings. The molecule has 4 N–H and O–H groups in total. The first kappa shape index (κ1) is 24.4. The number of halogens is 1. The fourth-order valence-corrected chi connectivity index (χ4v) is 6.19. The van der Waals surface area contributed by atoms with E-state index in [2.05, 4.69) is 25.9 Å². The van der Waals surface area contributed by atoms with Gasteiger partial charge in [0, 0.05) is 54.7 Å². The van der Waals surface area contributed by atoms with Gasteiger partial charge in [0.2, 0.25) is 5.95 Å². The van der Waals surface area contributed by atoms with Crippen LogP contribution < -0.4 is 20.9 Å². The topological polar surface area (TPSA) is 107 Å². The van der Waals surface area contributed by atoms with Crippen LogP contribution in [-0.4, -0.2) is 57.8 Å². The number of carbonyl (C=O) groups excluding carboxylic acids is 1. The van der Waals surface area contributed by atoms with Gasteiger partial charge in [-0.1, -0.05) is 23.7 Å². The molecule has 2 aliphatic heterocycles. The highest BCUT2D eigenvalue weighted by Crippen LogP contribution is 2.41. The fourth-order valence-electron chi connectivity index (χ4n) is 6.06. The Bertz CT molecular complexity index is 1500. The average Bonchev–Trinajstić information content (AvgIpc) is 3.27. The Morgan fingerprint density at radius 2 is 1.74 bits per heavy atom. The number of pyridine rings is 1. The van der Waals surface area contributed by atoms with Gasteiger partial charge in [0.05, 0.1) is 11.3 Å². The molecule has 200 valence electrons. The molecule has 1 unspecified atom stereocenters. The smallest absolute Gasteiger partial charge is 0.251 e. The molecule has 3 atom stereocenters. The summed E-state index contributed by atoms with van der Waals surface area (Å²) >= 11 is 6.03. The van der Waals surface area contributed by atoms with Crippen molar-refractivity contribution in [1.29, 1.82) is 0 Å². The monoisotopic (exact) mass is 543 g/mol. The van der Waals surface area contributed by atoms with E-state index in [4.69, 9.17) is 16.6 Å². The second-order valence-electron chi connectivity index (χ2n) is 10.8. The van der Waals surface area contributed by atoms with E-state index in [0.717, 1.165) is 35.7 Å². The molecule has 4 aromatic rings. The highest BCUT2D eigenvalue weighted by molar-refractivity contribution is 6.30. The molecule has 1 amide bonds. The second-order valence-corrected chi connectivity index (χ2v) is 11.2. The highest BCUT2D eigenvalue weighted by Gasteiger charge is 2.53. The molecule has 7 rings (SSSR count). The zero-order valence-electron chi connectivity index (χ0n) is 21.3. The van der Waals surface area contributed by atoms with Crippen LogP contribution in [0.2, 0.25) is 5.02 Å². The van der Waals surface area contributed by atoms with Gasteiger partial charge in [0.15, 0.2) is 5.65 Å². The summed E-state index contributed by atoms with van der Waals surface area (Å²) in [6.07, 6.45) is 3.09. The molecular formula is C29H30ClN7O2. The highest BCUT2D eigenvalue weighted by atomic mass is 35.5. The lowest BCUT2D eigenvalue weighted by Gasteiger charge is -2.39. The van der Waals surface area contributed by atoms with Crippen LogP contribution in [0, 0.1) is 11.8 Å². The van der Waals surface area contributed by atoms with Crippen molar-refractivity contribution < 1.29 is 9.90 Å². The number of hydrogen-bond acceptors (Lipinski definition) is 7. The molecule has 0 bridgehead atoms. The van der Waals surface area contributed by atoms with E-state index in [9.17, 15) is 9.90 Å². The minimum absolute atomic E-state index is 0.0269. The zero-order valence-corrected chi connectivity index (χ0v) is 22.1. The first-order chi connectivity index (χ1) is 19.0. The molecule has 9 nitrogen and oxygen atoms in total. The van der Waals surface area contributed by atoms with Crippen molar-refractivity contribution in [2.24, 2.45) is 11.8 Å². The lowest BCUT2D eigenvalue weighted by molar-refractivity contribution is 0.0118. The van der Waals surface area contributed by atoms with E-state index in [1.54, 1.807) is 4.52 Å². The zero-order chi connectivity index (χ0) is 26.6. The third-order valence-corrected chi connectivity index (χ3v) is 8.70. The number of carbonyl (C=O) groups is 1. The number of nitrogens with zero attached hydrogens (tertiary/aromatic N) is 4. The van der Waals surface area contributed by atoms with E-state index in [0.29, 0.717) is 60.3 Å². The van der Waals surface area contributed by atoms with Gasteiger partial charge >= 0.3 is 0 Å². The summed E-state index contributed by atoms with van der Waals surface area (Å²) in [5.41, 5.74) is 3.20. The van der Waals surface area contributed by atoms with E-state index >= 15 is 0 Å². The van der Waals surface area contributed by atoms with Gasteiger partial charge in [-0.05, 0) is 78.8 Å². The van der Waals surface area contributed by atoms with Crippen molar-refractivity contribution in [2.45, 2.75) is 24.5 Å². The number of anilines is 3. The molecular weight excluding hydrogens is 514 g/mol. The van der Waals surface area contributed by atoms with Crippen LogP contribution in [0.25, 0.3) is 5.65 Å². The van der Waals surface area contributed by atoms with E-state index < -0.39 is 5.60 Å². The van der Waals surface area contributed by atoms with Crippen molar-refractivity contribution in [2.75, 3.05) is 36.4 Å². The third-order valence-electron chi connectivity index (χ3n) is 8.45. The molecule has 0 radical (unpaired) electrons. The first-order valence-corrected chi connectivity index (χ1v) is 13.8. The molecule has 2 aromatic carbocycles. The summed E-state index contributed by atoms with van der Waals surface area (Å²) in [4.78, 5) is 19.6. The van der Waals surface area contributed by atoms with E-state index in [1.165, 1.54) is 0 Å². The Labute approximate surface area is 231 Å². The van der Waals surface area contributed by atoms with E-state index in [-0.39, 0.29) is 5.91 Å². The molecule has 10 heteroatoms. The molecule has 39 heavy (non-hydrogen) atoms. The fraction of sp³-hybridized carbons (Fsp3) is 0.345. The number of piperidine rings is 2. The van der Waals surface area contributed by atoms with Crippen LogP contribution in [0.5, 0.6) is 0 Å². The Morgan fingerprint density at radius 3 is 2.46 bits per heavy atom. The number of aromatic nitrogens is 3. The van der Waals surface area contributed by atoms with Gasteiger partial charge < -0.3 is 26.0 Å². The molecule has 2 saturated heterocycles. The van der Waals surface area contributed by atoms with Crippen molar-refractivity contribution in [3.63, 3.8) is 0 Å². The van der Waals surface area contributed by atoms with Gasteiger partial charge in [-0.15, -0.1) is 5.10 Å². The molecule has 0 spiro atoms. The summed E-state index contributed by atoms with van der Waals surface area (Å²) in [5.74, 6) is 1.62. The maximum Gasteiger partial charge on any atom is 0.251 e. The van der Waals surface area contributed by atoms with E-state index in [1.807, 2.05) is 66.9 Å². The summed E-state index contributed by atoms with van der Waals surface area (Å²) in [6.45, 7) is 3.37. The van der Waals surface area contributed by atoms with Crippen LogP contribution in [-0.2, 0) is 5.60 Å². The number of amides is 1. The van der Waals surface area contributed by atoms with Gasteiger partial charge in [-0.25, -0.2) is 4.52 Å². The Morgan fingerprint density at radius 1 is 1.03 bits per heavy atom. The van der Waals surface area contributed by atoms with Crippen molar-refractivity contribution in [3.8, 4) is 0 Å². The number of rotatable bonds is 6. The largest absolute Gasteiger partial charge is 0.385 e. The molecule has 3 fully saturated rings. The number of fused-ring (bicyclic) bond motifs is 2. The predicted octanol–water partition coefficient (Wildman–Crippen LogP) is 3.56. The summed E-state index contributed by atoms with van der Waals surface area (Å²) < 4.78 is 1.76. The summed E-state index contributed by atoms with van der Waals surface area (Å²) in [7, 11) is 0.